The topological polar surface area (TPSA) is 46.2 Å². The van der Waals surface area contributed by atoms with Gasteiger partial charge in [0.15, 0.2) is 0 Å². The van der Waals surface area contributed by atoms with Gasteiger partial charge in [0.1, 0.15) is 5.75 Å². The largest absolute Gasteiger partial charge is 0.506 e. The van der Waals surface area contributed by atoms with Gasteiger partial charge in [-0.2, -0.15) is 0 Å². The molecule has 78 valence electrons. The van der Waals surface area contributed by atoms with Crippen LogP contribution < -0.4 is 5.73 Å². The minimum atomic E-state index is -0.164. The highest BCUT2D eigenvalue weighted by Gasteiger charge is 2.08. The maximum Gasteiger partial charge on any atom is 0.142 e. The van der Waals surface area contributed by atoms with Crippen molar-refractivity contribution in [1.29, 1.82) is 0 Å². The lowest BCUT2D eigenvalue weighted by Crippen LogP contribution is -2.06. The van der Waals surface area contributed by atoms with Crippen LogP contribution in [0, 0.1) is 7.14 Å². The van der Waals surface area contributed by atoms with Crippen LogP contribution in [0.4, 0.5) is 0 Å². The first-order chi connectivity index (χ1) is 6.06. The number of rotatable bonds is 2. The number of nitrogens with two attached hydrogens (primary N) is 1. The minimum Gasteiger partial charge on any atom is -0.506 e. The standard InChI is InChI=1S/C9H9I2NO.ClH/c1-2-8(12)5-3-6(10)9(13)7(11)4-5;/h2-4,8,13H,1,12H2;1H/t8-;/m0./s1. The molecule has 0 aromatic heterocycles. The van der Waals surface area contributed by atoms with E-state index in [-0.39, 0.29) is 18.4 Å². The molecule has 0 radical (unpaired) electrons. The van der Waals surface area contributed by atoms with Gasteiger partial charge in [0, 0.05) is 6.04 Å². The van der Waals surface area contributed by atoms with Crippen LogP contribution >= 0.6 is 57.6 Å². The Hall–Kier alpha value is 0.470. The molecule has 1 aromatic carbocycles. The van der Waals surface area contributed by atoms with Crippen molar-refractivity contribution in [1.82, 2.24) is 0 Å². The molecule has 0 saturated heterocycles. The fourth-order valence-corrected chi connectivity index (χ4v) is 2.73. The van der Waals surface area contributed by atoms with Crippen molar-refractivity contribution < 1.29 is 5.11 Å². The summed E-state index contributed by atoms with van der Waals surface area (Å²) in [5, 5.41) is 9.50. The summed E-state index contributed by atoms with van der Waals surface area (Å²) < 4.78 is 1.63. The monoisotopic (exact) mass is 437 g/mol. The van der Waals surface area contributed by atoms with Crippen LogP contribution in [0.1, 0.15) is 11.6 Å². The van der Waals surface area contributed by atoms with Gasteiger partial charge in [-0.05, 0) is 62.9 Å². The minimum absolute atomic E-state index is 0. The summed E-state index contributed by atoms with van der Waals surface area (Å²) >= 11 is 4.16. The number of benzene rings is 1. The third kappa shape index (κ3) is 3.25. The number of halogens is 3. The van der Waals surface area contributed by atoms with E-state index >= 15 is 0 Å². The van der Waals surface area contributed by atoms with E-state index in [4.69, 9.17) is 5.73 Å². The summed E-state index contributed by atoms with van der Waals surface area (Å²) in [5.41, 5.74) is 6.75. The van der Waals surface area contributed by atoms with Gasteiger partial charge in [-0.3, -0.25) is 0 Å². The third-order valence-corrected chi connectivity index (χ3v) is 3.32. The lowest BCUT2D eigenvalue weighted by atomic mass is 10.1. The quantitative estimate of drug-likeness (QED) is 0.552. The maximum atomic E-state index is 9.50. The van der Waals surface area contributed by atoms with Crippen molar-refractivity contribution in [3.8, 4) is 5.75 Å². The Morgan fingerprint density at radius 2 is 1.79 bits per heavy atom. The van der Waals surface area contributed by atoms with E-state index in [2.05, 4.69) is 51.8 Å². The van der Waals surface area contributed by atoms with Crippen LogP contribution in [-0.2, 0) is 0 Å². The van der Waals surface area contributed by atoms with E-state index in [0.717, 1.165) is 12.7 Å². The Morgan fingerprint density at radius 3 is 2.14 bits per heavy atom. The Labute approximate surface area is 117 Å². The first-order valence-corrected chi connectivity index (χ1v) is 5.78. The van der Waals surface area contributed by atoms with Crippen LogP contribution in [-0.4, -0.2) is 5.11 Å². The zero-order valence-electron chi connectivity index (χ0n) is 7.21. The fraction of sp³-hybridized carbons (Fsp3) is 0.111. The van der Waals surface area contributed by atoms with Gasteiger partial charge in [-0.1, -0.05) is 6.08 Å². The molecule has 0 unspecified atom stereocenters. The molecule has 0 aliphatic carbocycles. The Morgan fingerprint density at radius 1 is 1.36 bits per heavy atom. The van der Waals surface area contributed by atoms with Gasteiger partial charge in [0.05, 0.1) is 7.14 Å². The van der Waals surface area contributed by atoms with Crippen LogP contribution in [0.5, 0.6) is 5.75 Å². The van der Waals surface area contributed by atoms with E-state index in [1.165, 1.54) is 0 Å². The summed E-state index contributed by atoms with van der Waals surface area (Å²) in [4.78, 5) is 0. The molecule has 1 aromatic rings. The molecule has 14 heavy (non-hydrogen) atoms. The van der Waals surface area contributed by atoms with Crippen molar-refractivity contribution in [2.75, 3.05) is 0 Å². The van der Waals surface area contributed by atoms with Crippen molar-refractivity contribution >= 4 is 57.6 Å². The van der Waals surface area contributed by atoms with Gasteiger partial charge < -0.3 is 10.8 Å². The second-order valence-corrected chi connectivity index (χ2v) is 4.92. The van der Waals surface area contributed by atoms with Gasteiger partial charge in [-0.25, -0.2) is 0 Å². The Kier molecular flexibility index (Phi) is 6.35. The number of hydrogen-bond donors (Lipinski definition) is 2. The average Bonchev–Trinajstić information content (AvgIpc) is 2.12. The van der Waals surface area contributed by atoms with Crippen molar-refractivity contribution in [3.05, 3.63) is 37.5 Å². The molecule has 5 heteroatoms. The van der Waals surface area contributed by atoms with Gasteiger partial charge in [0.2, 0.25) is 0 Å². The second-order valence-electron chi connectivity index (χ2n) is 2.59. The molecular formula is C9H10ClI2NO. The van der Waals surface area contributed by atoms with Crippen LogP contribution in [0.2, 0.25) is 0 Å². The normalized spacial score (nSPS) is 11.6. The lowest BCUT2D eigenvalue weighted by molar-refractivity contribution is 0.467. The summed E-state index contributed by atoms with van der Waals surface area (Å²) in [7, 11) is 0. The number of hydrogen-bond acceptors (Lipinski definition) is 2. The van der Waals surface area contributed by atoms with Crippen molar-refractivity contribution in [3.63, 3.8) is 0 Å². The van der Waals surface area contributed by atoms with Crippen molar-refractivity contribution in [2.24, 2.45) is 5.73 Å². The van der Waals surface area contributed by atoms with Crippen LogP contribution in [0.3, 0.4) is 0 Å². The molecule has 2 nitrogen and oxygen atoms in total. The van der Waals surface area contributed by atoms with Crippen LogP contribution in [0.15, 0.2) is 24.8 Å². The number of phenols is 1. The van der Waals surface area contributed by atoms with Gasteiger partial charge in [0.25, 0.3) is 0 Å². The summed E-state index contributed by atoms with van der Waals surface area (Å²) in [5.74, 6) is 0.321. The molecule has 0 fully saturated rings. The first-order valence-electron chi connectivity index (χ1n) is 3.62. The molecule has 0 amide bonds. The average molecular weight is 437 g/mol. The van der Waals surface area contributed by atoms with Gasteiger partial charge >= 0.3 is 0 Å². The van der Waals surface area contributed by atoms with Crippen molar-refractivity contribution in [2.45, 2.75) is 6.04 Å². The molecule has 0 aliphatic heterocycles. The van der Waals surface area contributed by atoms with Gasteiger partial charge in [-0.15, -0.1) is 19.0 Å². The van der Waals surface area contributed by atoms with E-state index in [0.29, 0.717) is 5.75 Å². The number of phenolic OH excluding ortho intramolecular Hbond substituents is 1. The molecule has 0 aliphatic rings. The highest BCUT2D eigenvalue weighted by Crippen LogP contribution is 2.29. The molecule has 1 atom stereocenters. The zero-order valence-corrected chi connectivity index (χ0v) is 12.3. The fourth-order valence-electron chi connectivity index (χ4n) is 0.914. The lowest BCUT2D eigenvalue weighted by Gasteiger charge is -2.09. The summed E-state index contributed by atoms with van der Waals surface area (Å²) in [6, 6.07) is 3.57. The molecule has 0 heterocycles. The molecule has 0 spiro atoms. The molecular weight excluding hydrogens is 427 g/mol. The summed E-state index contributed by atoms with van der Waals surface area (Å²) in [6.07, 6.45) is 1.68. The first kappa shape index (κ1) is 14.5. The smallest absolute Gasteiger partial charge is 0.142 e. The molecule has 0 bridgehead atoms. The highest BCUT2D eigenvalue weighted by atomic mass is 127. The van der Waals surface area contributed by atoms with Crippen LogP contribution in [0.25, 0.3) is 0 Å². The van der Waals surface area contributed by atoms with E-state index in [1.807, 2.05) is 12.1 Å². The predicted octanol–water partition coefficient (Wildman–Crippen LogP) is 3.21. The number of aromatic hydroxyl groups is 1. The van der Waals surface area contributed by atoms with E-state index in [1.54, 1.807) is 6.08 Å². The summed E-state index contributed by atoms with van der Waals surface area (Å²) in [6.45, 7) is 3.63. The van der Waals surface area contributed by atoms with E-state index in [9.17, 15) is 5.11 Å². The van der Waals surface area contributed by atoms with E-state index < -0.39 is 0 Å². The molecule has 1 rings (SSSR count). The maximum absolute atomic E-state index is 9.50. The highest BCUT2D eigenvalue weighted by molar-refractivity contribution is 14.1. The third-order valence-electron chi connectivity index (χ3n) is 1.68. The SMILES string of the molecule is C=C[C@H](N)c1cc(I)c(O)c(I)c1.Cl. The second kappa shape index (κ2) is 6.14. The molecule has 0 saturated carbocycles. The predicted molar refractivity (Wildman–Crippen MR) is 77.9 cm³/mol. The zero-order chi connectivity index (χ0) is 10.0. The molecule has 3 N–H and O–H groups in total. The Balaban J connectivity index is 0.00000169. The Bertz CT molecular complexity index is 321.